The molecular formula is C30H27Cl3N2O7. The van der Waals surface area contributed by atoms with Crippen LogP contribution in [0.1, 0.15) is 29.9 Å². The van der Waals surface area contributed by atoms with Crippen molar-refractivity contribution in [2.45, 2.75) is 35.4 Å². The second-order valence-corrected chi connectivity index (χ2v) is 12.9. The van der Waals surface area contributed by atoms with Gasteiger partial charge in [0.05, 0.1) is 31.7 Å². The minimum absolute atomic E-state index is 0.0564. The van der Waals surface area contributed by atoms with Crippen LogP contribution >= 0.6 is 34.8 Å². The van der Waals surface area contributed by atoms with E-state index in [2.05, 4.69) is 0 Å². The van der Waals surface area contributed by atoms with Crippen molar-refractivity contribution >= 4 is 64.1 Å². The van der Waals surface area contributed by atoms with E-state index in [0.717, 1.165) is 15.4 Å². The molecule has 3 fully saturated rings. The fourth-order valence-corrected chi connectivity index (χ4v) is 8.37. The number of hydrogen-bond donors (Lipinski definition) is 1. The Kier molecular flexibility index (Phi) is 6.61. The number of fused-ring (bicyclic) bond motifs is 4. The lowest BCUT2D eigenvalue weighted by atomic mass is 9.56. The average Bonchev–Trinajstić information content (AvgIpc) is 3.29. The number of alkyl halides is 2. The molecule has 0 aromatic heterocycles. The van der Waals surface area contributed by atoms with Crippen LogP contribution in [0.25, 0.3) is 0 Å². The van der Waals surface area contributed by atoms with Crippen molar-refractivity contribution in [1.82, 2.24) is 4.90 Å². The van der Waals surface area contributed by atoms with Crippen molar-refractivity contribution < 1.29 is 33.8 Å². The number of aryl methyl sites for hydroxylation is 1. The van der Waals surface area contributed by atoms with Gasteiger partial charge in [0.15, 0.2) is 21.2 Å². The van der Waals surface area contributed by atoms with E-state index >= 15 is 0 Å². The number of nitrogens with zero attached hydrogens (tertiary/aromatic N) is 2. The van der Waals surface area contributed by atoms with Gasteiger partial charge in [0, 0.05) is 18.0 Å². The quantitative estimate of drug-likeness (QED) is 0.298. The highest BCUT2D eigenvalue weighted by Crippen LogP contribution is 2.66. The highest BCUT2D eigenvalue weighted by molar-refractivity contribution is 6.53. The topological polar surface area (TPSA) is 113 Å². The number of rotatable bonds is 4. The molecule has 2 aliphatic heterocycles. The highest BCUT2D eigenvalue weighted by atomic mass is 35.5. The van der Waals surface area contributed by atoms with Crippen LogP contribution in [0.15, 0.2) is 42.0 Å². The third-order valence-corrected chi connectivity index (χ3v) is 11.1. The van der Waals surface area contributed by atoms with Gasteiger partial charge in [-0.2, -0.15) is 0 Å². The molecule has 2 aliphatic carbocycles. The predicted molar refractivity (Wildman–Crippen MR) is 155 cm³/mol. The van der Waals surface area contributed by atoms with Gasteiger partial charge < -0.3 is 14.6 Å². The minimum atomic E-state index is -1.97. The Morgan fingerprint density at radius 1 is 0.952 bits per heavy atom. The van der Waals surface area contributed by atoms with E-state index in [-0.39, 0.29) is 36.0 Å². The van der Waals surface area contributed by atoms with Crippen LogP contribution < -0.4 is 14.4 Å². The summed E-state index contributed by atoms with van der Waals surface area (Å²) in [5, 5.41) is 11.0. The van der Waals surface area contributed by atoms with E-state index in [1.165, 1.54) is 33.4 Å². The number of methoxy groups -OCH3 is 2. The summed E-state index contributed by atoms with van der Waals surface area (Å²) in [6, 6.07) is 8.01. The lowest BCUT2D eigenvalue weighted by Crippen LogP contribution is -2.60. The van der Waals surface area contributed by atoms with Gasteiger partial charge in [0.25, 0.3) is 11.8 Å². The van der Waals surface area contributed by atoms with Crippen molar-refractivity contribution in [3.05, 3.63) is 58.1 Å². The first-order chi connectivity index (χ1) is 19.8. The predicted octanol–water partition coefficient (Wildman–Crippen LogP) is 4.56. The zero-order chi connectivity index (χ0) is 30.5. The van der Waals surface area contributed by atoms with Crippen molar-refractivity contribution in [3.8, 4) is 17.2 Å². The van der Waals surface area contributed by atoms with Gasteiger partial charge in [-0.1, -0.05) is 29.3 Å². The number of anilines is 1. The summed E-state index contributed by atoms with van der Waals surface area (Å²) in [6.45, 7) is 1.82. The Morgan fingerprint density at radius 2 is 1.60 bits per heavy atom. The number of ether oxygens (including phenoxy) is 2. The molecule has 4 amide bonds. The van der Waals surface area contributed by atoms with Crippen molar-refractivity contribution in [1.29, 1.82) is 0 Å². The molecular weight excluding hydrogens is 607 g/mol. The first kappa shape index (κ1) is 28.8. The van der Waals surface area contributed by atoms with Gasteiger partial charge in [0.2, 0.25) is 17.6 Å². The van der Waals surface area contributed by atoms with E-state index in [0.29, 0.717) is 21.8 Å². The minimum Gasteiger partial charge on any atom is -0.502 e. The van der Waals surface area contributed by atoms with Gasteiger partial charge in [-0.05, 0) is 61.1 Å². The van der Waals surface area contributed by atoms with Gasteiger partial charge in [0.1, 0.15) is 0 Å². The van der Waals surface area contributed by atoms with E-state index in [1.807, 2.05) is 13.0 Å². The zero-order valence-electron chi connectivity index (χ0n) is 23.1. The fourth-order valence-electron chi connectivity index (χ4n) is 7.17. The number of carbonyl (C=O) groups is 4. The van der Waals surface area contributed by atoms with Crippen molar-refractivity contribution in [2.75, 3.05) is 26.2 Å². The summed E-state index contributed by atoms with van der Waals surface area (Å²) in [5.74, 6) is -5.61. The van der Waals surface area contributed by atoms with E-state index in [9.17, 15) is 24.3 Å². The number of likely N-dealkylation sites (tertiary alicyclic amines) is 1. The third-order valence-electron chi connectivity index (χ3n) is 9.26. The standard InChI is InChI=1S/C30H27Cl3N2O7/c1-13-5-6-15(11-19(13)31)35-25(37)17-8-7-16-18(22(17)26(35)38)12-29(32)27(39)34(2)28(40)30(29,33)23(16)14-9-20(41-3)24(36)21(10-14)42-4/h5-7,9-11,17-18,22-23,36H,8,12H2,1-4H3/t17-,18+,22-,23-,29+,30-/m0/s1. The number of phenols is 1. The molecule has 2 aromatic carbocycles. The van der Waals surface area contributed by atoms with Crippen LogP contribution in [0, 0.1) is 24.7 Å². The largest absolute Gasteiger partial charge is 0.502 e. The molecule has 1 saturated carbocycles. The second-order valence-electron chi connectivity index (χ2n) is 11.2. The molecule has 4 aliphatic rings. The molecule has 6 atom stereocenters. The number of phenolic OH excluding ortho intramolecular Hbond substituents is 1. The fraction of sp³-hybridized carbons (Fsp3) is 0.400. The summed E-state index contributed by atoms with van der Waals surface area (Å²) in [7, 11) is 4.04. The molecule has 12 heteroatoms. The average molecular weight is 634 g/mol. The van der Waals surface area contributed by atoms with Crippen LogP contribution in [-0.4, -0.2) is 64.7 Å². The van der Waals surface area contributed by atoms with Gasteiger partial charge >= 0.3 is 0 Å². The number of aromatic hydroxyl groups is 1. The Morgan fingerprint density at radius 3 is 2.19 bits per heavy atom. The molecule has 0 radical (unpaired) electrons. The Hall–Kier alpha value is -3.27. The molecule has 0 spiro atoms. The number of amides is 4. The molecule has 0 bridgehead atoms. The van der Waals surface area contributed by atoms with Crippen molar-refractivity contribution in [2.24, 2.45) is 17.8 Å². The lowest BCUT2D eigenvalue weighted by molar-refractivity contribution is -0.138. The lowest BCUT2D eigenvalue weighted by Gasteiger charge is -2.50. The number of halogens is 3. The van der Waals surface area contributed by atoms with Crippen molar-refractivity contribution in [3.63, 3.8) is 0 Å². The molecule has 6 rings (SSSR count). The summed E-state index contributed by atoms with van der Waals surface area (Å²) in [4.78, 5) is 53.3. The molecule has 2 saturated heterocycles. The SMILES string of the molecule is COc1cc([C@H]2C3=CC[C@@H]4C(=O)N(c5ccc(C)c(Cl)c5)C(=O)[C@@H]4[C@@H]3C[C@@]3(Cl)C(=O)N(C)C(=O)[C@@]23Cl)cc(OC)c1O. The Labute approximate surface area is 256 Å². The maximum atomic E-state index is 14.1. The smallest absolute Gasteiger partial charge is 0.253 e. The van der Waals surface area contributed by atoms with Crippen LogP contribution in [0.4, 0.5) is 5.69 Å². The van der Waals surface area contributed by atoms with Crippen LogP contribution in [0.2, 0.25) is 5.02 Å². The third kappa shape index (κ3) is 3.56. The highest BCUT2D eigenvalue weighted by Gasteiger charge is 2.76. The molecule has 2 heterocycles. The van der Waals surface area contributed by atoms with E-state index < -0.39 is 51.1 Å². The monoisotopic (exact) mass is 632 g/mol. The van der Waals surface area contributed by atoms with Crippen LogP contribution in [0.3, 0.4) is 0 Å². The molecule has 220 valence electrons. The number of imide groups is 2. The normalized spacial score (nSPS) is 32.0. The van der Waals surface area contributed by atoms with Gasteiger partial charge in [-0.25, -0.2) is 4.90 Å². The first-order valence-corrected chi connectivity index (χ1v) is 14.4. The zero-order valence-corrected chi connectivity index (χ0v) is 25.4. The second kappa shape index (κ2) is 9.62. The summed E-state index contributed by atoms with van der Waals surface area (Å²) < 4.78 is 10.7. The molecule has 42 heavy (non-hydrogen) atoms. The molecule has 1 N–H and O–H groups in total. The van der Waals surface area contributed by atoms with Gasteiger partial charge in [-0.15, -0.1) is 23.2 Å². The Bertz CT molecular complexity index is 1600. The maximum absolute atomic E-state index is 14.1. The number of hydrogen-bond acceptors (Lipinski definition) is 7. The van der Waals surface area contributed by atoms with E-state index in [1.54, 1.807) is 18.2 Å². The Balaban J connectivity index is 1.54. The van der Waals surface area contributed by atoms with Crippen LogP contribution in [0.5, 0.6) is 17.2 Å². The molecule has 9 nitrogen and oxygen atoms in total. The summed E-state index contributed by atoms with van der Waals surface area (Å²) in [6.07, 6.45) is 1.90. The summed E-state index contributed by atoms with van der Waals surface area (Å²) >= 11 is 20.7. The number of allylic oxidation sites excluding steroid dienone is 2. The molecule has 0 unspecified atom stereocenters. The maximum Gasteiger partial charge on any atom is 0.253 e. The summed E-state index contributed by atoms with van der Waals surface area (Å²) in [5.41, 5.74) is 2.16. The van der Waals surface area contributed by atoms with Crippen LogP contribution in [-0.2, 0) is 19.2 Å². The number of benzene rings is 2. The van der Waals surface area contributed by atoms with E-state index in [4.69, 9.17) is 44.3 Å². The first-order valence-electron chi connectivity index (χ1n) is 13.3. The van der Waals surface area contributed by atoms with Gasteiger partial charge in [-0.3, -0.25) is 24.1 Å². The molecule has 2 aromatic rings. The number of carbonyl (C=O) groups excluding carboxylic acids is 4.